The first kappa shape index (κ1) is 34.2. The fourth-order valence-electron chi connectivity index (χ4n) is 4.93. The zero-order valence-corrected chi connectivity index (χ0v) is 25.1. The number of aromatic nitrogens is 2. The molecule has 1 fully saturated rings. The van der Waals surface area contributed by atoms with Crippen LogP contribution in [0, 0.1) is 11.3 Å². The van der Waals surface area contributed by atoms with Gasteiger partial charge in [-0.2, -0.15) is 0 Å². The molecule has 228 valence electrons. The van der Waals surface area contributed by atoms with E-state index in [1.807, 2.05) is 12.1 Å². The van der Waals surface area contributed by atoms with Crippen LogP contribution < -0.4 is 30.7 Å². The molecule has 0 spiro atoms. The van der Waals surface area contributed by atoms with Gasteiger partial charge >= 0.3 is 0 Å². The topological polar surface area (TPSA) is 146 Å². The van der Waals surface area contributed by atoms with Gasteiger partial charge in [-0.05, 0) is 49.4 Å². The molecule has 1 aliphatic heterocycles. The lowest BCUT2D eigenvalue weighted by Crippen LogP contribution is -2.50. The molecule has 13 heteroatoms. The molecular formula is C28H42Cl2N6O5. The highest BCUT2D eigenvalue weighted by Gasteiger charge is 2.43. The summed E-state index contributed by atoms with van der Waals surface area (Å²) in [6.07, 6.45) is 8.27. The minimum absolute atomic E-state index is 0. The van der Waals surface area contributed by atoms with E-state index in [0.717, 1.165) is 24.1 Å². The third-order valence-electron chi connectivity index (χ3n) is 7.23. The first-order valence-electron chi connectivity index (χ1n) is 13.8. The molecule has 41 heavy (non-hydrogen) atoms. The number of methoxy groups -OCH3 is 1. The molecule has 4 rings (SSSR count). The van der Waals surface area contributed by atoms with E-state index < -0.39 is 5.41 Å². The van der Waals surface area contributed by atoms with E-state index in [0.29, 0.717) is 75.7 Å². The van der Waals surface area contributed by atoms with Crippen LogP contribution in [0.15, 0.2) is 30.7 Å². The van der Waals surface area contributed by atoms with E-state index in [1.54, 1.807) is 25.7 Å². The molecule has 1 atom stereocenters. The summed E-state index contributed by atoms with van der Waals surface area (Å²) in [5, 5.41) is 12.3. The van der Waals surface area contributed by atoms with Crippen molar-refractivity contribution in [3.63, 3.8) is 0 Å². The second-order valence-electron chi connectivity index (χ2n) is 10.4. The lowest BCUT2D eigenvalue weighted by molar-refractivity contribution is -0.132. The van der Waals surface area contributed by atoms with Crippen LogP contribution >= 0.6 is 24.8 Å². The van der Waals surface area contributed by atoms with Crippen LogP contribution in [0.2, 0.25) is 0 Å². The van der Waals surface area contributed by atoms with Crippen LogP contribution in [0.5, 0.6) is 11.5 Å². The Morgan fingerprint density at radius 2 is 1.98 bits per heavy atom. The minimum atomic E-state index is -0.836. The van der Waals surface area contributed by atoms with Crippen molar-refractivity contribution in [1.82, 2.24) is 31.2 Å². The molecule has 1 saturated carbocycles. The van der Waals surface area contributed by atoms with Gasteiger partial charge in [0.1, 0.15) is 0 Å². The Morgan fingerprint density at radius 3 is 2.71 bits per heavy atom. The second kappa shape index (κ2) is 17.1. The van der Waals surface area contributed by atoms with E-state index in [2.05, 4.69) is 31.2 Å². The largest absolute Gasteiger partial charge is 0.493 e. The molecule has 2 bridgehead atoms. The van der Waals surface area contributed by atoms with Crippen molar-refractivity contribution in [2.24, 2.45) is 11.3 Å². The van der Waals surface area contributed by atoms with Gasteiger partial charge in [0.05, 0.1) is 18.9 Å². The van der Waals surface area contributed by atoms with Gasteiger partial charge in [-0.25, -0.2) is 4.98 Å². The predicted molar refractivity (Wildman–Crippen MR) is 160 cm³/mol. The fraction of sp³-hybridized carbons (Fsp3) is 0.571. The number of rotatable bonds is 7. The van der Waals surface area contributed by atoms with Gasteiger partial charge in [-0.1, -0.05) is 18.9 Å². The molecule has 0 radical (unpaired) electrons. The first-order valence-corrected chi connectivity index (χ1v) is 13.8. The number of imidazole rings is 1. The summed E-state index contributed by atoms with van der Waals surface area (Å²) in [6.45, 7) is 2.27. The number of benzene rings is 1. The quantitative estimate of drug-likeness (QED) is 0.321. The van der Waals surface area contributed by atoms with Crippen LogP contribution in [0.1, 0.15) is 43.4 Å². The Labute approximate surface area is 253 Å². The molecule has 1 aromatic heterocycles. The van der Waals surface area contributed by atoms with Crippen LogP contribution in [0.25, 0.3) is 0 Å². The Hall–Kier alpha value is -3.02. The zero-order valence-electron chi connectivity index (χ0n) is 23.5. The van der Waals surface area contributed by atoms with Crippen molar-refractivity contribution >= 4 is 42.5 Å². The fourth-order valence-corrected chi connectivity index (χ4v) is 4.93. The number of amides is 3. The first-order chi connectivity index (χ1) is 19.0. The normalized spacial score (nSPS) is 20.4. The summed E-state index contributed by atoms with van der Waals surface area (Å²) in [6, 6.07) is 5.54. The van der Waals surface area contributed by atoms with E-state index in [-0.39, 0.29) is 55.7 Å². The van der Waals surface area contributed by atoms with E-state index in [9.17, 15) is 14.4 Å². The van der Waals surface area contributed by atoms with Gasteiger partial charge in [0.25, 0.3) is 5.91 Å². The van der Waals surface area contributed by atoms with Crippen molar-refractivity contribution in [2.75, 3.05) is 46.4 Å². The number of H-pyrrole nitrogens is 1. The number of nitrogens with one attached hydrogen (secondary N) is 5. The summed E-state index contributed by atoms with van der Waals surface area (Å²) in [5.74, 6) is 1.00. The van der Waals surface area contributed by atoms with Crippen LogP contribution in [-0.4, -0.2) is 74.1 Å². The molecule has 3 amide bonds. The number of nitrogens with zero attached hydrogens (tertiary/aromatic N) is 1. The molecule has 0 saturated heterocycles. The van der Waals surface area contributed by atoms with Crippen molar-refractivity contribution in [1.29, 1.82) is 0 Å². The highest BCUT2D eigenvalue weighted by Crippen LogP contribution is 2.43. The molecule has 11 nitrogen and oxygen atoms in total. The van der Waals surface area contributed by atoms with E-state index >= 15 is 0 Å². The van der Waals surface area contributed by atoms with Crippen LogP contribution in [-0.2, 0) is 27.2 Å². The second-order valence-corrected chi connectivity index (χ2v) is 10.4. The lowest BCUT2D eigenvalue weighted by atomic mass is 9.75. The van der Waals surface area contributed by atoms with Crippen molar-refractivity contribution in [3.05, 3.63) is 42.0 Å². The molecule has 5 N–H and O–H groups in total. The van der Waals surface area contributed by atoms with Gasteiger partial charge in [0.2, 0.25) is 11.8 Å². The Bertz CT molecular complexity index is 1120. The highest BCUT2D eigenvalue weighted by atomic mass is 35.5. The smallest absolute Gasteiger partial charge is 0.257 e. The summed E-state index contributed by atoms with van der Waals surface area (Å²) < 4.78 is 11.3. The van der Waals surface area contributed by atoms with Crippen molar-refractivity contribution in [2.45, 2.75) is 44.9 Å². The van der Waals surface area contributed by atoms with Gasteiger partial charge in [0, 0.05) is 50.9 Å². The summed E-state index contributed by atoms with van der Waals surface area (Å²) in [5.41, 5.74) is 0.979. The maximum absolute atomic E-state index is 13.9. The monoisotopic (exact) mass is 612 g/mol. The predicted octanol–water partition coefficient (Wildman–Crippen LogP) is 1.94. The average Bonchev–Trinajstić information content (AvgIpc) is 3.59. The summed E-state index contributed by atoms with van der Waals surface area (Å²) >= 11 is 0. The number of fused-ring (bicyclic) bond motifs is 2. The Kier molecular flexibility index (Phi) is 14.2. The molecular weight excluding hydrogens is 571 g/mol. The maximum atomic E-state index is 13.9. The number of aromatic amines is 1. The standard InChI is InChI=1S/C28H40N6O5.2ClH/c1-38-23-7-6-21-13-24(23)39-17-26(36)31-12-11-29-9-2-3-25(35)33-18-28(15-21,14-20-4-5-20)27(37)32-10-8-22-16-30-19-34-22;;/h6-7,13,16,19-20,29H,2-5,8-12,14-15,17-18H2,1H3,(H,30,34)(H,31,36)(H,32,37)(H,33,35);2*1H. The molecule has 1 aliphatic carbocycles. The summed E-state index contributed by atoms with van der Waals surface area (Å²) in [4.78, 5) is 46.1. The van der Waals surface area contributed by atoms with Crippen molar-refractivity contribution in [3.8, 4) is 11.5 Å². The number of carbonyl (C=O) groups is 3. The average molecular weight is 614 g/mol. The van der Waals surface area contributed by atoms with Gasteiger partial charge in [-0.15, -0.1) is 24.8 Å². The van der Waals surface area contributed by atoms with Gasteiger partial charge in [0.15, 0.2) is 18.1 Å². The van der Waals surface area contributed by atoms with Crippen LogP contribution in [0.3, 0.4) is 0 Å². The molecule has 2 heterocycles. The van der Waals surface area contributed by atoms with Crippen molar-refractivity contribution < 1.29 is 23.9 Å². The van der Waals surface area contributed by atoms with E-state index in [1.165, 1.54) is 0 Å². The third kappa shape index (κ3) is 10.7. The highest BCUT2D eigenvalue weighted by molar-refractivity contribution is 5.86. The summed E-state index contributed by atoms with van der Waals surface area (Å²) in [7, 11) is 1.55. The Morgan fingerprint density at radius 1 is 1.15 bits per heavy atom. The molecule has 1 unspecified atom stereocenters. The minimum Gasteiger partial charge on any atom is -0.493 e. The lowest BCUT2D eigenvalue weighted by Gasteiger charge is -2.33. The molecule has 2 aromatic rings. The number of hydrogen-bond donors (Lipinski definition) is 5. The van der Waals surface area contributed by atoms with Gasteiger partial charge in [-0.3, -0.25) is 14.4 Å². The maximum Gasteiger partial charge on any atom is 0.257 e. The molecule has 1 aromatic carbocycles. The zero-order chi connectivity index (χ0) is 27.5. The number of ether oxygens (including phenoxy) is 2. The number of hydrogen-bond acceptors (Lipinski definition) is 7. The van der Waals surface area contributed by atoms with E-state index in [4.69, 9.17) is 9.47 Å². The number of carbonyl (C=O) groups excluding carboxylic acids is 3. The Balaban J connectivity index is 0.00000294. The van der Waals surface area contributed by atoms with Gasteiger partial charge < -0.3 is 35.7 Å². The number of halogens is 2. The SMILES string of the molecule is COc1ccc2cc1OCC(=O)NCCNCCCC(=O)NCC(CC1CC1)(C(=O)NCCc1cnc[nH]1)C2.Cl.Cl. The third-order valence-corrected chi connectivity index (χ3v) is 7.23. The van der Waals surface area contributed by atoms with Crippen LogP contribution in [0.4, 0.5) is 0 Å². The molecule has 2 aliphatic rings.